The molecule has 1 aromatic heterocycles. The van der Waals surface area contributed by atoms with Crippen molar-refractivity contribution in [3.05, 3.63) is 46.3 Å². The van der Waals surface area contributed by atoms with Crippen molar-refractivity contribution in [2.75, 3.05) is 5.32 Å². The molecule has 2 fully saturated rings. The lowest BCUT2D eigenvalue weighted by Crippen LogP contribution is -2.42. The quantitative estimate of drug-likeness (QED) is 0.568. The molecule has 1 N–H and O–H groups in total. The number of rotatable bonds is 6. The average molecular weight is 526 g/mol. The van der Waals surface area contributed by atoms with Crippen LogP contribution in [-0.4, -0.2) is 41.6 Å². The van der Waals surface area contributed by atoms with Crippen LogP contribution in [0.1, 0.15) is 44.1 Å². The Morgan fingerprint density at radius 1 is 1.18 bits per heavy atom. The fourth-order valence-electron chi connectivity index (χ4n) is 4.02. The Hall–Kier alpha value is -1.88. The number of hydrogen-bond acceptors (Lipinski definition) is 6. The van der Waals surface area contributed by atoms with Crippen LogP contribution in [0.15, 0.2) is 45.0 Å². The molecular weight excluding hydrogens is 502 g/mol. The highest BCUT2D eigenvalue weighted by Gasteiger charge is 2.43. The summed E-state index contributed by atoms with van der Waals surface area (Å²) in [6.07, 6.45) is 4.55. The maximum atomic E-state index is 13.3. The standard InChI is InChI=1S/C22H24ClN3O4S3/c1-14-7-5-6-10-16(14)24-19(27)13-17-21(28)26(15-8-3-2-4-9-15)22(31-17)25-33(29,30)20-12-11-18(23)32-20/h5-7,10-12,15,17H,2-4,8-9,13H2,1H3,(H,24,27)/t17-/m0/s1. The number of halogens is 1. The van der Waals surface area contributed by atoms with Gasteiger partial charge in [0.05, 0.1) is 4.34 Å². The molecule has 1 saturated carbocycles. The van der Waals surface area contributed by atoms with Gasteiger partial charge in [-0.15, -0.1) is 15.7 Å². The Kier molecular flexibility index (Phi) is 7.47. The lowest BCUT2D eigenvalue weighted by Gasteiger charge is -2.30. The molecule has 176 valence electrons. The number of hydrogen-bond donors (Lipinski definition) is 1. The minimum absolute atomic E-state index is 0.0254. The van der Waals surface area contributed by atoms with Crippen molar-refractivity contribution in [1.82, 2.24) is 4.90 Å². The van der Waals surface area contributed by atoms with Crippen molar-refractivity contribution in [2.24, 2.45) is 4.40 Å². The van der Waals surface area contributed by atoms with Gasteiger partial charge in [0, 0.05) is 18.2 Å². The van der Waals surface area contributed by atoms with Crippen LogP contribution in [-0.2, 0) is 19.6 Å². The van der Waals surface area contributed by atoms with Gasteiger partial charge in [-0.1, -0.05) is 60.8 Å². The summed E-state index contributed by atoms with van der Waals surface area (Å²) in [5.41, 5.74) is 1.61. The summed E-state index contributed by atoms with van der Waals surface area (Å²) in [4.78, 5) is 27.5. The van der Waals surface area contributed by atoms with Gasteiger partial charge in [-0.05, 0) is 43.5 Å². The van der Waals surface area contributed by atoms with E-state index in [0.29, 0.717) is 10.0 Å². The van der Waals surface area contributed by atoms with Gasteiger partial charge in [-0.3, -0.25) is 14.5 Å². The van der Waals surface area contributed by atoms with Gasteiger partial charge in [-0.2, -0.15) is 8.42 Å². The van der Waals surface area contributed by atoms with E-state index in [1.165, 1.54) is 17.0 Å². The summed E-state index contributed by atoms with van der Waals surface area (Å²) in [6, 6.07) is 10.2. The topological polar surface area (TPSA) is 95.9 Å². The second-order valence-corrected chi connectivity index (χ2v) is 12.8. The SMILES string of the molecule is Cc1ccccc1NC(=O)C[C@@H]1SC(=NS(=O)(=O)c2ccc(Cl)s2)N(C2CCCCC2)C1=O. The van der Waals surface area contributed by atoms with Crippen LogP contribution in [0.4, 0.5) is 5.69 Å². The number of anilines is 1. The summed E-state index contributed by atoms with van der Waals surface area (Å²) in [5.74, 6) is -0.558. The summed E-state index contributed by atoms with van der Waals surface area (Å²) in [6.45, 7) is 1.89. The number of para-hydroxylation sites is 1. The van der Waals surface area contributed by atoms with Crippen molar-refractivity contribution in [1.29, 1.82) is 0 Å². The number of nitrogens with zero attached hydrogens (tertiary/aromatic N) is 2. The number of carbonyl (C=O) groups excluding carboxylic acids is 2. The minimum Gasteiger partial charge on any atom is -0.326 e. The molecule has 1 aliphatic heterocycles. The van der Waals surface area contributed by atoms with Gasteiger partial charge in [-0.25, -0.2) is 0 Å². The molecule has 0 radical (unpaired) electrons. The Morgan fingerprint density at radius 2 is 1.91 bits per heavy atom. The highest BCUT2D eigenvalue weighted by atomic mass is 35.5. The summed E-state index contributed by atoms with van der Waals surface area (Å²) in [5, 5.41) is 2.27. The van der Waals surface area contributed by atoms with Crippen LogP contribution in [0, 0.1) is 6.92 Å². The molecule has 4 rings (SSSR count). The summed E-state index contributed by atoms with van der Waals surface area (Å²) < 4.78 is 30.2. The third-order valence-corrected chi connectivity index (χ3v) is 9.93. The number of thioether (sulfide) groups is 1. The maximum absolute atomic E-state index is 13.3. The number of amides is 2. The predicted molar refractivity (Wildman–Crippen MR) is 133 cm³/mol. The van der Waals surface area contributed by atoms with Gasteiger partial charge in [0.15, 0.2) is 5.17 Å². The number of benzene rings is 1. The fourth-order valence-corrected chi connectivity index (χ4v) is 7.88. The molecule has 2 aromatic rings. The zero-order chi connectivity index (χ0) is 23.6. The van der Waals surface area contributed by atoms with Crippen LogP contribution in [0.2, 0.25) is 4.34 Å². The first kappa shape index (κ1) is 24.3. The van der Waals surface area contributed by atoms with Gasteiger partial charge < -0.3 is 5.32 Å². The number of nitrogens with one attached hydrogen (secondary N) is 1. The molecule has 0 spiro atoms. The van der Waals surface area contributed by atoms with Gasteiger partial charge in [0.1, 0.15) is 9.46 Å². The van der Waals surface area contributed by atoms with E-state index < -0.39 is 15.3 Å². The van der Waals surface area contributed by atoms with Crippen LogP contribution < -0.4 is 5.32 Å². The molecule has 1 aliphatic carbocycles. The molecular formula is C22H24ClN3O4S3. The van der Waals surface area contributed by atoms with Crippen molar-refractivity contribution < 1.29 is 18.0 Å². The first-order valence-corrected chi connectivity index (χ1v) is 14.2. The lowest BCUT2D eigenvalue weighted by molar-refractivity contribution is -0.130. The lowest BCUT2D eigenvalue weighted by atomic mass is 9.94. The third kappa shape index (κ3) is 5.62. The van der Waals surface area contributed by atoms with Crippen LogP contribution >= 0.6 is 34.7 Å². The zero-order valence-electron chi connectivity index (χ0n) is 18.0. The largest absolute Gasteiger partial charge is 0.326 e. The Balaban J connectivity index is 1.58. The van der Waals surface area contributed by atoms with Gasteiger partial charge in [0.25, 0.3) is 10.0 Å². The molecule has 33 heavy (non-hydrogen) atoms. The molecule has 1 aromatic carbocycles. The molecule has 1 atom stereocenters. The third-order valence-electron chi connectivity index (χ3n) is 5.70. The van der Waals surface area contributed by atoms with Crippen molar-refractivity contribution in [3.8, 4) is 0 Å². The molecule has 0 unspecified atom stereocenters. The first-order valence-electron chi connectivity index (χ1n) is 10.7. The second-order valence-electron chi connectivity index (χ2n) is 8.08. The molecule has 1 saturated heterocycles. The average Bonchev–Trinajstić information content (AvgIpc) is 3.34. The molecule has 7 nitrogen and oxygen atoms in total. The van der Waals surface area contributed by atoms with E-state index in [1.807, 2.05) is 25.1 Å². The molecule has 2 aliphatic rings. The van der Waals surface area contributed by atoms with E-state index in [1.54, 1.807) is 6.07 Å². The summed E-state index contributed by atoms with van der Waals surface area (Å²) in [7, 11) is -4.02. The van der Waals surface area contributed by atoms with E-state index in [9.17, 15) is 18.0 Å². The molecule has 11 heteroatoms. The van der Waals surface area contributed by atoms with E-state index >= 15 is 0 Å². The Bertz CT molecular complexity index is 1190. The Morgan fingerprint density at radius 3 is 2.58 bits per heavy atom. The molecule has 0 bridgehead atoms. The van der Waals surface area contributed by atoms with Crippen LogP contribution in [0.3, 0.4) is 0 Å². The smallest absolute Gasteiger partial charge is 0.294 e. The number of carbonyl (C=O) groups is 2. The van der Waals surface area contributed by atoms with Gasteiger partial charge >= 0.3 is 0 Å². The van der Waals surface area contributed by atoms with Crippen molar-refractivity contribution in [3.63, 3.8) is 0 Å². The van der Waals surface area contributed by atoms with E-state index in [2.05, 4.69) is 9.71 Å². The monoisotopic (exact) mass is 525 g/mol. The van der Waals surface area contributed by atoms with E-state index in [0.717, 1.165) is 60.8 Å². The molecule has 2 amide bonds. The van der Waals surface area contributed by atoms with Crippen molar-refractivity contribution in [2.45, 2.75) is 60.9 Å². The fraction of sp³-hybridized carbons (Fsp3) is 0.409. The van der Waals surface area contributed by atoms with Crippen molar-refractivity contribution >= 4 is 67.4 Å². The number of aryl methyl sites for hydroxylation is 1. The summed E-state index contributed by atoms with van der Waals surface area (Å²) >= 11 is 7.88. The zero-order valence-corrected chi connectivity index (χ0v) is 21.2. The van der Waals surface area contributed by atoms with E-state index in [-0.39, 0.29) is 33.7 Å². The van der Waals surface area contributed by atoms with E-state index in [4.69, 9.17) is 11.6 Å². The number of amidine groups is 1. The highest BCUT2D eigenvalue weighted by Crippen LogP contribution is 2.37. The van der Waals surface area contributed by atoms with Crippen LogP contribution in [0.5, 0.6) is 0 Å². The first-order chi connectivity index (χ1) is 15.7. The molecule has 2 heterocycles. The normalized spacial score (nSPS) is 21.0. The minimum atomic E-state index is -4.02. The number of sulfonamides is 1. The maximum Gasteiger partial charge on any atom is 0.294 e. The number of thiophene rings is 1. The van der Waals surface area contributed by atoms with Gasteiger partial charge in [0.2, 0.25) is 11.8 Å². The second kappa shape index (κ2) is 10.2. The Labute approximate surface area is 206 Å². The highest BCUT2D eigenvalue weighted by molar-refractivity contribution is 8.16. The van der Waals surface area contributed by atoms with Crippen LogP contribution in [0.25, 0.3) is 0 Å². The predicted octanol–water partition coefficient (Wildman–Crippen LogP) is 5.06.